The minimum Gasteiger partial charge on any atom is -0.508 e. The fraction of sp³-hybridized carbons (Fsp3) is 0.269. The molecule has 1 amide bonds. The Kier molecular flexibility index (Phi) is 8.53. The normalized spacial score (nSPS) is 11.2. The summed E-state index contributed by atoms with van der Waals surface area (Å²) >= 11 is 3.69. The van der Waals surface area contributed by atoms with E-state index in [4.69, 9.17) is 4.74 Å². The van der Waals surface area contributed by atoms with Gasteiger partial charge in [-0.1, -0.05) is 56.2 Å². The van der Waals surface area contributed by atoms with Gasteiger partial charge >= 0.3 is 0 Å². The molecule has 0 atom stereocenters. The van der Waals surface area contributed by atoms with Gasteiger partial charge in [-0.25, -0.2) is 0 Å². The van der Waals surface area contributed by atoms with Crippen LogP contribution >= 0.6 is 15.9 Å². The maximum Gasteiger partial charge on any atom is 0.244 e. The van der Waals surface area contributed by atoms with Gasteiger partial charge in [-0.3, -0.25) is 4.79 Å². The van der Waals surface area contributed by atoms with Crippen molar-refractivity contribution in [2.45, 2.75) is 32.6 Å². The van der Waals surface area contributed by atoms with Gasteiger partial charge in [0, 0.05) is 27.9 Å². The molecule has 0 spiro atoms. The van der Waals surface area contributed by atoms with Gasteiger partial charge in [0.1, 0.15) is 11.5 Å². The van der Waals surface area contributed by atoms with E-state index in [9.17, 15) is 9.90 Å². The van der Waals surface area contributed by atoms with Crippen LogP contribution in [0.3, 0.4) is 0 Å². The van der Waals surface area contributed by atoms with Gasteiger partial charge in [0.2, 0.25) is 5.91 Å². The van der Waals surface area contributed by atoms with Gasteiger partial charge in [0.05, 0.1) is 6.61 Å². The van der Waals surface area contributed by atoms with E-state index in [-0.39, 0.29) is 11.7 Å². The molecular formula is C26H28BrNO3. The van der Waals surface area contributed by atoms with E-state index >= 15 is 0 Å². The molecule has 3 rings (SSSR count). The number of phenols is 1. The molecule has 5 heteroatoms. The van der Waals surface area contributed by atoms with Gasteiger partial charge in [-0.15, -0.1) is 0 Å². The van der Waals surface area contributed by atoms with E-state index in [1.807, 2.05) is 42.5 Å². The maximum atomic E-state index is 12.3. The molecule has 0 saturated carbocycles. The molecule has 3 aromatic carbocycles. The first-order chi connectivity index (χ1) is 15.1. The van der Waals surface area contributed by atoms with Crippen molar-refractivity contribution in [2.75, 3.05) is 13.2 Å². The van der Waals surface area contributed by atoms with Crippen molar-refractivity contribution in [3.63, 3.8) is 0 Å². The van der Waals surface area contributed by atoms with Crippen molar-refractivity contribution >= 4 is 38.7 Å². The van der Waals surface area contributed by atoms with Crippen LogP contribution in [0.5, 0.6) is 11.5 Å². The molecule has 0 aromatic heterocycles. The average molecular weight is 482 g/mol. The highest BCUT2D eigenvalue weighted by molar-refractivity contribution is 9.10. The first-order valence-electron chi connectivity index (χ1n) is 10.7. The second kappa shape index (κ2) is 11.6. The van der Waals surface area contributed by atoms with Crippen molar-refractivity contribution in [2.24, 2.45) is 0 Å². The fourth-order valence-electron chi connectivity index (χ4n) is 3.32. The average Bonchev–Trinajstić information content (AvgIpc) is 2.78. The first kappa shape index (κ1) is 22.9. The molecule has 0 saturated heterocycles. The number of ether oxygens (including phenoxy) is 1. The summed E-state index contributed by atoms with van der Waals surface area (Å²) in [6.07, 6.45) is 7.38. The van der Waals surface area contributed by atoms with E-state index in [0.29, 0.717) is 19.6 Å². The zero-order valence-corrected chi connectivity index (χ0v) is 19.3. The van der Waals surface area contributed by atoms with Crippen molar-refractivity contribution in [1.29, 1.82) is 0 Å². The summed E-state index contributed by atoms with van der Waals surface area (Å²) in [5, 5.41) is 14.4. The van der Waals surface area contributed by atoms with E-state index < -0.39 is 0 Å². The van der Waals surface area contributed by atoms with Crippen LogP contribution < -0.4 is 10.1 Å². The Bertz CT molecular complexity index is 1040. The Morgan fingerprint density at radius 1 is 1.10 bits per heavy atom. The van der Waals surface area contributed by atoms with Gasteiger partial charge in [0.15, 0.2) is 0 Å². The Labute approximate surface area is 192 Å². The molecule has 31 heavy (non-hydrogen) atoms. The molecule has 3 aromatic rings. The standard InChI is InChI=1S/C26H28BrNO3/c1-2-3-6-17-31-24-18-20(26(27)23-8-5-4-7-22(23)24)11-14-25(30)28-16-15-19-9-12-21(29)13-10-19/h4-5,7-14,18,29H,2-3,6,15-17H2,1H3,(H,28,30). The van der Waals surface area contributed by atoms with Gasteiger partial charge < -0.3 is 15.2 Å². The highest BCUT2D eigenvalue weighted by Crippen LogP contribution is 2.35. The molecule has 162 valence electrons. The lowest BCUT2D eigenvalue weighted by Gasteiger charge is -2.13. The Morgan fingerprint density at radius 3 is 2.58 bits per heavy atom. The summed E-state index contributed by atoms with van der Waals surface area (Å²) in [6, 6.07) is 17.1. The SMILES string of the molecule is CCCCCOc1cc(C=CC(=O)NCCc2ccc(O)cc2)c(Br)c2ccccc12. The molecule has 0 aliphatic rings. The van der Waals surface area contributed by atoms with Crippen LogP contribution in [0.25, 0.3) is 16.8 Å². The zero-order chi connectivity index (χ0) is 22.1. The monoisotopic (exact) mass is 481 g/mol. The molecule has 0 unspecified atom stereocenters. The number of carbonyl (C=O) groups excluding carboxylic acids is 1. The number of phenolic OH excluding ortho intramolecular Hbond substituents is 1. The highest BCUT2D eigenvalue weighted by atomic mass is 79.9. The first-order valence-corrected chi connectivity index (χ1v) is 11.5. The molecule has 0 heterocycles. The number of hydrogen-bond donors (Lipinski definition) is 2. The number of nitrogens with one attached hydrogen (secondary N) is 1. The second-order valence-corrected chi connectivity index (χ2v) is 8.21. The predicted molar refractivity (Wildman–Crippen MR) is 131 cm³/mol. The number of unbranched alkanes of at least 4 members (excludes halogenated alkanes) is 2. The lowest BCUT2D eigenvalue weighted by molar-refractivity contribution is -0.116. The molecular weight excluding hydrogens is 454 g/mol. The number of benzene rings is 3. The van der Waals surface area contributed by atoms with Crippen LogP contribution in [0.4, 0.5) is 0 Å². The van der Waals surface area contributed by atoms with Crippen LogP contribution in [0.2, 0.25) is 0 Å². The van der Waals surface area contributed by atoms with E-state index in [0.717, 1.165) is 51.4 Å². The van der Waals surface area contributed by atoms with E-state index in [2.05, 4.69) is 34.2 Å². The summed E-state index contributed by atoms with van der Waals surface area (Å²) in [6.45, 7) is 3.38. The predicted octanol–water partition coefficient (Wildman–Crippen LogP) is 6.25. The number of carbonyl (C=O) groups is 1. The number of fused-ring (bicyclic) bond motifs is 1. The van der Waals surface area contributed by atoms with Crippen molar-refractivity contribution in [1.82, 2.24) is 5.32 Å². The molecule has 4 nitrogen and oxygen atoms in total. The van der Waals surface area contributed by atoms with Crippen molar-refractivity contribution in [3.05, 3.63) is 76.3 Å². The smallest absolute Gasteiger partial charge is 0.244 e. The molecule has 0 fully saturated rings. The second-order valence-electron chi connectivity index (χ2n) is 7.42. The molecule has 0 aliphatic carbocycles. The number of hydrogen-bond acceptors (Lipinski definition) is 3. The minimum atomic E-state index is -0.149. The third kappa shape index (κ3) is 6.59. The van der Waals surface area contributed by atoms with Crippen LogP contribution in [0, 0.1) is 0 Å². The number of rotatable bonds is 10. The summed E-state index contributed by atoms with van der Waals surface area (Å²) in [7, 11) is 0. The van der Waals surface area contributed by atoms with Gasteiger partial charge in [-0.05, 0) is 64.2 Å². The topological polar surface area (TPSA) is 58.6 Å². The van der Waals surface area contributed by atoms with Crippen LogP contribution in [-0.4, -0.2) is 24.2 Å². The lowest BCUT2D eigenvalue weighted by atomic mass is 10.1. The number of halogens is 1. The summed E-state index contributed by atoms with van der Waals surface area (Å²) in [5.74, 6) is 0.928. The zero-order valence-electron chi connectivity index (χ0n) is 17.7. The van der Waals surface area contributed by atoms with Crippen LogP contribution in [0.15, 0.2) is 65.1 Å². The van der Waals surface area contributed by atoms with E-state index in [1.165, 1.54) is 0 Å². The number of amides is 1. The highest BCUT2D eigenvalue weighted by Gasteiger charge is 2.10. The molecule has 2 N–H and O–H groups in total. The fourth-order valence-corrected chi connectivity index (χ4v) is 3.91. The largest absolute Gasteiger partial charge is 0.508 e. The summed E-state index contributed by atoms with van der Waals surface area (Å²) < 4.78 is 7.01. The Morgan fingerprint density at radius 2 is 1.84 bits per heavy atom. The molecule has 0 bridgehead atoms. The minimum absolute atomic E-state index is 0.149. The Balaban J connectivity index is 1.67. The third-order valence-electron chi connectivity index (χ3n) is 5.04. The summed E-state index contributed by atoms with van der Waals surface area (Å²) in [4.78, 5) is 12.3. The van der Waals surface area contributed by atoms with E-state index in [1.54, 1.807) is 18.2 Å². The van der Waals surface area contributed by atoms with Gasteiger partial charge in [-0.2, -0.15) is 0 Å². The number of aromatic hydroxyl groups is 1. The Hall–Kier alpha value is -2.79. The molecule has 0 aliphatic heterocycles. The quantitative estimate of drug-likeness (QED) is 0.265. The van der Waals surface area contributed by atoms with Gasteiger partial charge in [0.25, 0.3) is 0 Å². The third-order valence-corrected chi connectivity index (χ3v) is 5.92. The molecule has 0 radical (unpaired) electrons. The van der Waals surface area contributed by atoms with Crippen LogP contribution in [-0.2, 0) is 11.2 Å². The van der Waals surface area contributed by atoms with Crippen molar-refractivity contribution in [3.8, 4) is 11.5 Å². The van der Waals surface area contributed by atoms with Crippen molar-refractivity contribution < 1.29 is 14.6 Å². The summed E-state index contributed by atoms with van der Waals surface area (Å²) in [5.41, 5.74) is 1.96. The maximum absolute atomic E-state index is 12.3. The lowest BCUT2D eigenvalue weighted by Crippen LogP contribution is -2.23. The van der Waals surface area contributed by atoms with Crippen LogP contribution in [0.1, 0.15) is 37.3 Å².